The summed E-state index contributed by atoms with van der Waals surface area (Å²) in [5.74, 6) is 0.471. The van der Waals surface area contributed by atoms with Gasteiger partial charge >= 0.3 is 12.0 Å². The van der Waals surface area contributed by atoms with Crippen LogP contribution in [0.4, 0.5) is 10.5 Å². The lowest BCUT2D eigenvalue weighted by Gasteiger charge is -2.42. The Labute approximate surface area is 161 Å². The maximum atomic E-state index is 13.2. The molecule has 0 spiro atoms. The van der Waals surface area contributed by atoms with Gasteiger partial charge in [0.1, 0.15) is 0 Å². The van der Waals surface area contributed by atoms with Crippen molar-refractivity contribution in [1.29, 1.82) is 0 Å². The molecule has 1 N–H and O–H groups in total. The molecule has 2 aliphatic heterocycles. The lowest BCUT2D eigenvalue weighted by Crippen LogP contribution is -2.55. The normalized spacial score (nSPS) is 21.4. The van der Waals surface area contributed by atoms with E-state index >= 15 is 0 Å². The molecular formula is C21H31N3O3. The second kappa shape index (κ2) is 9.74. The molecule has 6 heteroatoms. The molecular weight excluding hydrogens is 342 g/mol. The number of hydrogen-bond acceptors (Lipinski definition) is 4. The molecule has 148 valence electrons. The van der Waals surface area contributed by atoms with Crippen LogP contribution in [0.2, 0.25) is 0 Å². The second-order valence-electron chi connectivity index (χ2n) is 7.50. The minimum absolute atomic E-state index is 0.0660. The average molecular weight is 373 g/mol. The molecule has 0 bridgehead atoms. The first-order chi connectivity index (χ1) is 13.2. The first-order valence-corrected chi connectivity index (χ1v) is 10.1. The highest BCUT2D eigenvalue weighted by atomic mass is 16.5. The Morgan fingerprint density at radius 2 is 1.89 bits per heavy atom. The number of benzene rings is 1. The second-order valence-corrected chi connectivity index (χ2v) is 7.50. The number of carbonyl (C=O) groups excluding carboxylic acids is 2. The van der Waals surface area contributed by atoms with Gasteiger partial charge in [-0.25, -0.2) is 4.79 Å². The van der Waals surface area contributed by atoms with Crippen LogP contribution >= 0.6 is 0 Å². The van der Waals surface area contributed by atoms with Crippen LogP contribution in [0, 0.1) is 5.92 Å². The van der Waals surface area contributed by atoms with Crippen LogP contribution in [0.3, 0.4) is 0 Å². The summed E-state index contributed by atoms with van der Waals surface area (Å²) in [6.07, 6.45) is 5.31. The van der Waals surface area contributed by atoms with E-state index in [2.05, 4.69) is 5.32 Å². The van der Waals surface area contributed by atoms with E-state index in [1.165, 1.54) is 20.0 Å². The number of amides is 2. The third-order valence-electron chi connectivity index (χ3n) is 5.82. The SMILES string of the molecule is COC(=O)CCC1CCN(c2ccccc2)C(=O)N1CCC1CCNCC1. The zero-order chi connectivity index (χ0) is 19.1. The minimum atomic E-state index is -0.203. The maximum absolute atomic E-state index is 13.2. The minimum Gasteiger partial charge on any atom is -0.469 e. The van der Waals surface area contributed by atoms with Gasteiger partial charge in [-0.2, -0.15) is 0 Å². The Balaban J connectivity index is 1.67. The van der Waals surface area contributed by atoms with Gasteiger partial charge < -0.3 is 15.0 Å². The summed E-state index contributed by atoms with van der Waals surface area (Å²) in [5, 5.41) is 3.40. The first kappa shape index (κ1) is 19.7. The number of methoxy groups -OCH3 is 1. The van der Waals surface area contributed by atoms with Crippen molar-refractivity contribution in [2.75, 3.05) is 38.2 Å². The third kappa shape index (κ3) is 5.22. The molecule has 2 heterocycles. The number of para-hydroxylation sites is 1. The molecule has 6 nitrogen and oxygen atoms in total. The highest BCUT2D eigenvalue weighted by Gasteiger charge is 2.34. The van der Waals surface area contributed by atoms with Crippen LogP contribution in [-0.4, -0.2) is 56.2 Å². The molecule has 1 unspecified atom stereocenters. The molecule has 0 saturated carbocycles. The number of carbonyl (C=O) groups is 2. The Bertz CT molecular complexity index is 616. The van der Waals surface area contributed by atoms with E-state index < -0.39 is 0 Å². The van der Waals surface area contributed by atoms with Crippen LogP contribution < -0.4 is 10.2 Å². The number of nitrogens with zero attached hydrogens (tertiary/aromatic N) is 2. The van der Waals surface area contributed by atoms with Crippen molar-refractivity contribution in [3.63, 3.8) is 0 Å². The van der Waals surface area contributed by atoms with Crippen LogP contribution in [-0.2, 0) is 9.53 Å². The van der Waals surface area contributed by atoms with Crippen LogP contribution in [0.5, 0.6) is 0 Å². The number of hydrogen-bond donors (Lipinski definition) is 1. The predicted molar refractivity (Wildman–Crippen MR) is 106 cm³/mol. The van der Waals surface area contributed by atoms with Crippen LogP contribution in [0.1, 0.15) is 38.5 Å². The van der Waals surface area contributed by atoms with Crippen molar-refractivity contribution < 1.29 is 14.3 Å². The van der Waals surface area contributed by atoms with E-state index in [-0.39, 0.29) is 18.0 Å². The van der Waals surface area contributed by atoms with Gasteiger partial charge in [-0.05, 0) is 63.2 Å². The molecule has 1 atom stereocenters. The van der Waals surface area contributed by atoms with Crippen molar-refractivity contribution in [2.24, 2.45) is 5.92 Å². The molecule has 2 aliphatic rings. The first-order valence-electron chi connectivity index (χ1n) is 10.1. The molecule has 27 heavy (non-hydrogen) atoms. The average Bonchev–Trinajstić information content (AvgIpc) is 2.72. The van der Waals surface area contributed by atoms with Gasteiger partial charge in [0.2, 0.25) is 0 Å². The predicted octanol–water partition coefficient (Wildman–Crippen LogP) is 3.03. The summed E-state index contributed by atoms with van der Waals surface area (Å²) < 4.78 is 4.79. The molecule has 1 aromatic rings. The van der Waals surface area contributed by atoms with Crippen molar-refractivity contribution in [2.45, 2.75) is 44.6 Å². The Morgan fingerprint density at radius 3 is 2.59 bits per heavy atom. The Kier molecular flexibility index (Phi) is 7.10. The van der Waals surface area contributed by atoms with Crippen molar-refractivity contribution in [3.05, 3.63) is 30.3 Å². The Hall–Kier alpha value is -2.08. The fraction of sp³-hybridized carbons (Fsp3) is 0.619. The van der Waals surface area contributed by atoms with Gasteiger partial charge in [0.05, 0.1) is 7.11 Å². The van der Waals surface area contributed by atoms with E-state index in [1.54, 1.807) is 0 Å². The molecule has 0 aromatic heterocycles. The quantitative estimate of drug-likeness (QED) is 0.747. The van der Waals surface area contributed by atoms with Gasteiger partial charge in [0.25, 0.3) is 0 Å². The third-order valence-corrected chi connectivity index (χ3v) is 5.82. The van der Waals surface area contributed by atoms with Gasteiger partial charge in [-0.1, -0.05) is 18.2 Å². The fourth-order valence-electron chi connectivity index (χ4n) is 4.15. The lowest BCUT2D eigenvalue weighted by atomic mass is 9.93. The van der Waals surface area contributed by atoms with Gasteiger partial charge in [-0.15, -0.1) is 0 Å². The monoisotopic (exact) mass is 373 g/mol. The Morgan fingerprint density at radius 1 is 1.15 bits per heavy atom. The number of piperidine rings is 1. The summed E-state index contributed by atoms with van der Waals surface area (Å²) in [4.78, 5) is 28.7. The molecule has 2 fully saturated rings. The summed E-state index contributed by atoms with van der Waals surface area (Å²) in [6, 6.07) is 10.0. The number of rotatable bonds is 7. The number of urea groups is 1. The van der Waals surface area contributed by atoms with E-state index in [0.717, 1.165) is 38.2 Å². The molecule has 3 rings (SSSR count). The van der Waals surface area contributed by atoms with Gasteiger partial charge in [0.15, 0.2) is 0 Å². The zero-order valence-electron chi connectivity index (χ0n) is 16.2. The molecule has 2 amide bonds. The molecule has 0 aliphatic carbocycles. The number of anilines is 1. The molecule has 2 saturated heterocycles. The molecule has 0 radical (unpaired) electrons. The van der Waals surface area contributed by atoms with Crippen molar-refractivity contribution in [1.82, 2.24) is 10.2 Å². The summed E-state index contributed by atoms with van der Waals surface area (Å²) >= 11 is 0. The summed E-state index contributed by atoms with van der Waals surface area (Å²) in [6.45, 7) is 3.60. The highest BCUT2D eigenvalue weighted by Crippen LogP contribution is 2.27. The van der Waals surface area contributed by atoms with E-state index in [4.69, 9.17) is 4.74 Å². The molecule has 1 aromatic carbocycles. The summed E-state index contributed by atoms with van der Waals surface area (Å²) in [7, 11) is 1.42. The van der Waals surface area contributed by atoms with Crippen LogP contribution in [0.25, 0.3) is 0 Å². The summed E-state index contributed by atoms with van der Waals surface area (Å²) in [5.41, 5.74) is 0.945. The van der Waals surface area contributed by atoms with Crippen LogP contribution in [0.15, 0.2) is 30.3 Å². The van der Waals surface area contributed by atoms with Gasteiger partial charge in [-0.3, -0.25) is 9.69 Å². The number of ether oxygens (including phenoxy) is 1. The number of esters is 1. The van der Waals surface area contributed by atoms with Crippen molar-refractivity contribution >= 4 is 17.7 Å². The maximum Gasteiger partial charge on any atom is 0.324 e. The van der Waals surface area contributed by atoms with Gasteiger partial charge in [0, 0.05) is 31.2 Å². The lowest BCUT2D eigenvalue weighted by molar-refractivity contribution is -0.141. The fourth-order valence-corrected chi connectivity index (χ4v) is 4.15. The van der Waals surface area contributed by atoms with E-state index in [0.29, 0.717) is 25.3 Å². The van der Waals surface area contributed by atoms with Crippen molar-refractivity contribution in [3.8, 4) is 0 Å². The topological polar surface area (TPSA) is 61.9 Å². The highest BCUT2D eigenvalue weighted by molar-refractivity contribution is 5.93. The smallest absolute Gasteiger partial charge is 0.324 e. The zero-order valence-corrected chi connectivity index (χ0v) is 16.2. The largest absolute Gasteiger partial charge is 0.469 e. The standard InChI is InChI=1S/C21H31N3O3/c1-27-20(25)8-7-19-12-16-24(18-5-3-2-4-6-18)21(26)23(19)15-11-17-9-13-22-14-10-17/h2-6,17,19,22H,7-16H2,1H3. The van der Waals surface area contributed by atoms with E-state index in [9.17, 15) is 9.59 Å². The number of nitrogens with one attached hydrogen (secondary N) is 1. The van der Waals surface area contributed by atoms with E-state index in [1.807, 2.05) is 40.1 Å².